The second-order valence-corrected chi connectivity index (χ2v) is 11.1. The molecule has 1 aromatic carbocycles. The van der Waals surface area contributed by atoms with Gasteiger partial charge in [-0.1, -0.05) is 11.3 Å². The minimum Gasteiger partial charge on any atom is -0.490 e. The van der Waals surface area contributed by atoms with Gasteiger partial charge in [-0.2, -0.15) is 21.3 Å². The fraction of sp³-hybridized carbons (Fsp3) is 0.360. The third-order valence-electron chi connectivity index (χ3n) is 6.76. The SMILES string of the molecule is CSCCOc1cc(N2CCN(CCn3c(=O)sc4c3nc(N)n3nc(-c5ccco5)nc43)CC2)c(F)cc1F. The van der Waals surface area contributed by atoms with E-state index in [-0.39, 0.29) is 16.6 Å². The molecular weight excluding hydrogens is 562 g/mol. The van der Waals surface area contributed by atoms with Crippen LogP contribution in [0.3, 0.4) is 0 Å². The van der Waals surface area contributed by atoms with Crippen molar-refractivity contribution < 1.29 is 17.9 Å². The molecule has 0 bridgehead atoms. The third-order valence-corrected chi connectivity index (χ3v) is 8.30. The van der Waals surface area contributed by atoms with Gasteiger partial charge in [0.05, 0.1) is 18.6 Å². The van der Waals surface area contributed by atoms with Crippen molar-refractivity contribution in [2.24, 2.45) is 0 Å². The van der Waals surface area contributed by atoms with Crippen molar-refractivity contribution in [2.75, 3.05) is 62.0 Å². The monoisotopic (exact) mass is 588 g/mol. The van der Waals surface area contributed by atoms with Crippen molar-refractivity contribution >= 4 is 50.7 Å². The summed E-state index contributed by atoms with van der Waals surface area (Å²) in [6.45, 7) is 3.73. The third kappa shape index (κ3) is 4.99. The summed E-state index contributed by atoms with van der Waals surface area (Å²) >= 11 is 2.64. The molecule has 4 aromatic heterocycles. The molecule has 1 aliphatic heterocycles. The largest absolute Gasteiger partial charge is 0.490 e. The summed E-state index contributed by atoms with van der Waals surface area (Å²) < 4.78 is 43.3. The molecule has 1 aliphatic rings. The molecule has 2 N–H and O–H groups in total. The first kappa shape index (κ1) is 26.5. The Labute approximate surface area is 235 Å². The van der Waals surface area contributed by atoms with Crippen LogP contribution in [-0.2, 0) is 6.54 Å². The highest BCUT2D eigenvalue weighted by Crippen LogP contribution is 2.29. The molecule has 0 aliphatic carbocycles. The Morgan fingerprint density at radius 3 is 2.70 bits per heavy atom. The average Bonchev–Trinajstić information content (AvgIpc) is 3.69. The van der Waals surface area contributed by atoms with E-state index in [0.717, 1.165) is 17.4 Å². The number of hydrogen-bond acceptors (Lipinski definition) is 11. The summed E-state index contributed by atoms with van der Waals surface area (Å²) in [6, 6.07) is 5.80. The van der Waals surface area contributed by atoms with Gasteiger partial charge in [-0.15, -0.1) is 5.10 Å². The average molecular weight is 589 g/mol. The molecular formula is C25H26F2N8O3S2. The van der Waals surface area contributed by atoms with Gasteiger partial charge in [-0.25, -0.2) is 13.8 Å². The summed E-state index contributed by atoms with van der Waals surface area (Å²) in [5, 5.41) is 4.38. The molecule has 0 unspecified atom stereocenters. The molecule has 0 spiro atoms. The van der Waals surface area contributed by atoms with Crippen LogP contribution in [-0.4, -0.2) is 80.4 Å². The standard InChI is InChI=1S/C25H26F2N8O3S2/c1-39-12-11-38-19-14-17(15(26)13-16(19)27)33-7-4-32(5-8-33)6-9-34-22-20(40-25(34)36)23-29-21(18-3-2-10-37-18)31-35(23)24(28)30-22/h2-3,10,13-14H,4-9,11-12H2,1H3,(H2,28,30). The first-order valence-corrected chi connectivity index (χ1v) is 14.8. The lowest BCUT2D eigenvalue weighted by molar-refractivity contribution is 0.247. The van der Waals surface area contributed by atoms with Gasteiger partial charge in [-0.05, 0) is 18.4 Å². The predicted molar refractivity (Wildman–Crippen MR) is 151 cm³/mol. The molecule has 0 radical (unpaired) electrons. The van der Waals surface area contributed by atoms with Crippen molar-refractivity contribution in [3.05, 3.63) is 51.8 Å². The number of hydrogen-bond donors (Lipinski definition) is 1. The number of halogens is 2. The van der Waals surface area contributed by atoms with E-state index >= 15 is 0 Å². The number of ether oxygens (including phenoxy) is 1. The number of fused-ring (bicyclic) bond motifs is 3. The van der Waals surface area contributed by atoms with Crippen LogP contribution in [0.2, 0.25) is 0 Å². The van der Waals surface area contributed by atoms with Crippen LogP contribution < -0.4 is 20.2 Å². The van der Waals surface area contributed by atoms with Gasteiger partial charge in [0.1, 0.15) is 10.5 Å². The first-order valence-electron chi connectivity index (χ1n) is 12.6. The molecule has 5 aromatic rings. The van der Waals surface area contributed by atoms with Crippen molar-refractivity contribution in [2.45, 2.75) is 6.54 Å². The van der Waals surface area contributed by atoms with Crippen LogP contribution in [0, 0.1) is 11.6 Å². The number of nitrogens with zero attached hydrogens (tertiary/aromatic N) is 7. The Morgan fingerprint density at radius 2 is 1.95 bits per heavy atom. The predicted octanol–water partition coefficient (Wildman–Crippen LogP) is 3.19. The van der Waals surface area contributed by atoms with E-state index in [2.05, 4.69) is 20.0 Å². The number of aromatic nitrogens is 5. The Morgan fingerprint density at radius 1 is 1.12 bits per heavy atom. The zero-order chi connectivity index (χ0) is 27.8. The number of thioether (sulfide) groups is 1. The molecule has 0 saturated carbocycles. The Kier molecular flexibility index (Phi) is 7.33. The lowest BCUT2D eigenvalue weighted by Crippen LogP contribution is -2.47. The second kappa shape index (κ2) is 11.1. The second-order valence-electron chi connectivity index (χ2n) is 9.19. The van der Waals surface area contributed by atoms with Crippen molar-refractivity contribution in [1.82, 2.24) is 29.0 Å². The van der Waals surface area contributed by atoms with Gasteiger partial charge < -0.3 is 19.8 Å². The molecule has 210 valence electrons. The van der Waals surface area contributed by atoms with Gasteiger partial charge in [-0.3, -0.25) is 14.3 Å². The first-order chi connectivity index (χ1) is 19.4. The van der Waals surface area contributed by atoms with E-state index in [0.29, 0.717) is 84.9 Å². The van der Waals surface area contributed by atoms with E-state index in [1.165, 1.54) is 16.8 Å². The summed E-state index contributed by atoms with van der Waals surface area (Å²) in [5.74, 6) is 0.412. The number of nitrogens with two attached hydrogens (primary N) is 1. The number of thiazole rings is 1. The van der Waals surface area contributed by atoms with Crippen LogP contribution in [0.25, 0.3) is 27.6 Å². The molecule has 0 amide bonds. The molecule has 6 rings (SSSR count). The fourth-order valence-electron chi connectivity index (χ4n) is 4.70. The lowest BCUT2D eigenvalue weighted by Gasteiger charge is -2.36. The van der Waals surface area contributed by atoms with E-state index in [4.69, 9.17) is 14.9 Å². The number of anilines is 2. The van der Waals surface area contributed by atoms with Crippen LogP contribution in [0.15, 0.2) is 39.7 Å². The maximum atomic E-state index is 14.6. The summed E-state index contributed by atoms with van der Waals surface area (Å²) in [6.07, 6.45) is 3.47. The molecule has 40 heavy (non-hydrogen) atoms. The van der Waals surface area contributed by atoms with Crippen molar-refractivity contribution in [3.63, 3.8) is 0 Å². The molecule has 0 atom stereocenters. The van der Waals surface area contributed by atoms with Gasteiger partial charge in [0.25, 0.3) is 0 Å². The van der Waals surface area contributed by atoms with E-state index < -0.39 is 11.6 Å². The quantitative estimate of drug-likeness (QED) is 0.257. The van der Waals surface area contributed by atoms with Crippen LogP contribution in [0.4, 0.5) is 20.4 Å². The van der Waals surface area contributed by atoms with Crippen LogP contribution in [0.5, 0.6) is 5.75 Å². The van der Waals surface area contributed by atoms with Crippen molar-refractivity contribution in [1.29, 1.82) is 0 Å². The highest BCUT2D eigenvalue weighted by Gasteiger charge is 2.23. The Hall–Kier alpha value is -3.69. The zero-order valence-corrected chi connectivity index (χ0v) is 23.2. The molecule has 1 saturated heterocycles. The van der Waals surface area contributed by atoms with Gasteiger partial charge in [0.15, 0.2) is 28.6 Å². The highest BCUT2D eigenvalue weighted by molar-refractivity contribution is 7.98. The molecule has 5 heterocycles. The molecule has 11 nitrogen and oxygen atoms in total. The lowest BCUT2D eigenvalue weighted by atomic mass is 10.2. The zero-order valence-electron chi connectivity index (χ0n) is 21.5. The van der Waals surface area contributed by atoms with Crippen molar-refractivity contribution in [3.8, 4) is 17.3 Å². The normalized spacial score (nSPS) is 14.5. The maximum absolute atomic E-state index is 14.6. The maximum Gasteiger partial charge on any atom is 0.309 e. The fourth-order valence-corrected chi connectivity index (χ4v) is 5.88. The Balaban J connectivity index is 1.15. The molecule has 1 fully saturated rings. The number of furan rings is 1. The summed E-state index contributed by atoms with van der Waals surface area (Å²) in [5.41, 5.74) is 7.40. The topological polar surface area (TPSA) is 120 Å². The van der Waals surface area contributed by atoms with Crippen LogP contribution in [0.1, 0.15) is 0 Å². The minimum atomic E-state index is -0.704. The number of nitrogen functional groups attached to an aromatic ring is 1. The smallest absolute Gasteiger partial charge is 0.309 e. The highest BCUT2D eigenvalue weighted by atomic mass is 32.2. The molecule has 15 heteroatoms. The Bertz CT molecular complexity index is 1710. The van der Waals surface area contributed by atoms with E-state index in [9.17, 15) is 13.6 Å². The van der Waals surface area contributed by atoms with E-state index in [1.807, 2.05) is 11.2 Å². The van der Waals surface area contributed by atoms with E-state index in [1.54, 1.807) is 28.5 Å². The van der Waals surface area contributed by atoms with Gasteiger partial charge in [0, 0.05) is 57.2 Å². The minimum absolute atomic E-state index is 0.0569. The van der Waals surface area contributed by atoms with Gasteiger partial charge in [0.2, 0.25) is 11.8 Å². The number of benzene rings is 1. The van der Waals surface area contributed by atoms with Gasteiger partial charge >= 0.3 is 4.87 Å². The summed E-state index contributed by atoms with van der Waals surface area (Å²) in [7, 11) is 0. The summed E-state index contributed by atoms with van der Waals surface area (Å²) in [4.78, 5) is 25.9. The number of rotatable bonds is 9. The number of piperazine rings is 1. The van der Waals surface area contributed by atoms with Crippen LogP contribution >= 0.6 is 23.1 Å².